The van der Waals surface area contributed by atoms with Crippen LogP contribution in [0.1, 0.15) is 58.6 Å². The van der Waals surface area contributed by atoms with Crippen LogP contribution in [-0.2, 0) is 9.47 Å². The van der Waals surface area contributed by atoms with Gasteiger partial charge < -0.3 is 14.6 Å². The Hall–Kier alpha value is -3.94. The number of thiophene rings is 1. The second kappa shape index (κ2) is 10.9. The molecular formula is C32H33N3O4S. The van der Waals surface area contributed by atoms with E-state index in [9.17, 15) is 9.90 Å². The molecule has 2 aromatic carbocycles. The molecule has 0 aliphatic heterocycles. The third kappa shape index (κ3) is 5.27. The number of aliphatic hydroxyl groups is 1. The molecule has 7 nitrogen and oxygen atoms in total. The number of ether oxygens (including phenoxy) is 2. The minimum atomic E-state index is -1.27. The van der Waals surface area contributed by atoms with Crippen LogP contribution in [0.4, 0.5) is 4.79 Å². The van der Waals surface area contributed by atoms with Gasteiger partial charge in [0.2, 0.25) is 6.41 Å². The predicted molar refractivity (Wildman–Crippen MR) is 160 cm³/mol. The van der Waals surface area contributed by atoms with E-state index in [0.717, 1.165) is 38.7 Å². The number of aliphatic hydroxyl groups excluding tert-OH is 1. The van der Waals surface area contributed by atoms with Crippen LogP contribution in [-0.4, -0.2) is 37.3 Å². The Labute approximate surface area is 237 Å². The lowest BCUT2D eigenvalue weighted by Crippen LogP contribution is -2.27. The highest BCUT2D eigenvalue weighted by Crippen LogP contribution is 2.38. The second-order valence-corrected chi connectivity index (χ2v) is 11.6. The molecule has 0 spiro atoms. The van der Waals surface area contributed by atoms with Crippen molar-refractivity contribution >= 4 is 44.1 Å². The molecule has 5 aromatic rings. The van der Waals surface area contributed by atoms with Gasteiger partial charge in [0.25, 0.3) is 0 Å². The van der Waals surface area contributed by atoms with Crippen molar-refractivity contribution in [1.82, 2.24) is 14.3 Å². The maximum absolute atomic E-state index is 13.1. The van der Waals surface area contributed by atoms with Crippen molar-refractivity contribution in [2.75, 3.05) is 0 Å². The zero-order valence-electron chi connectivity index (χ0n) is 23.3. The Morgan fingerprint density at radius 3 is 2.52 bits per heavy atom. The predicted octanol–water partition coefficient (Wildman–Crippen LogP) is 7.98. The molecule has 0 radical (unpaired) electrons. The first-order valence-electron chi connectivity index (χ1n) is 13.3. The minimum Gasteiger partial charge on any atom is -0.442 e. The van der Waals surface area contributed by atoms with Crippen LogP contribution in [0.2, 0.25) is 0 Å². The van der Waals surface area contributed by atoms with E-state index in [1.54, 1.807) is 4.57 Å². The molecule has 8 heteroatoms. The summed E-state index contributed by atoms with van der Waals surface area (Å²) in [5.41, 5.74) is 7.83. The van der Waals surface area contributed by atoms with E-state index in [1.165, 1.54) is 16.0 Å². The normalized spacial score (nSPS) is 13.3. The summed E-state index contributed by atoms with van der Waals surface area (Å²) in [4.78, 5) is 13.1. The van der Waals surface area contributed by atoms with Crippen LogP contribution in [0.5, 0.6) is 0 Å². The first-order valence-corrected chi connectivity index (χ1v) is 14.1. The summed E-state index contributed by atoms with van der Waals surface area (Å²) in [7, 11) is 0. The standard InChI is InChI=1S/C32H33N3O4S/c1-7-20(3)38-30(36)34-25-15-14-22(24(8-2)21-12-10-9-11-13-21)18-23(25)19-27(34)28-29-26(16-17-40-29)35(33-28)31(37)39-32(4,5)6/h9-20,30,36H,2,7H2,1,3-6H3. The highest BCUT2D eigenvalue weighted by Gasteiger charge is 2.27. The van der Waals surface area contributed by atoms with E-state index in [1.807, 2.05) is 101 Å². The second-order valence-electron chi connectivity index (χ2n) is 10.6. The molecule has 3 heterocycles. The van der Waals surface area contributed by atoms with Crippen LogP contribution in [0, 0.1) is 0 Å². The number of fused-ring (bicyclic) bond motifs is 2. The van der Waals surface area contributed by atoms with Gasteiger partial charge in [-0.15, -0.1) is 17.1 Å². The van der Waals surface area contributed by atoms with Crippen LogP contribution in [0.15, 0.2) is 78.4 Å². The molecule has 0 saturated carbocycles. The van der Waals surface area contributed by atoms with E-state index in [-0.39, 0.29) is 6.10 Å². The van der Waals surface area contributed by atoms with Crippen LogP contribution < -0.4 is 0 Å². The van der Waals surface area contributed by atoms with Gasteiger partial charge in [-0.3, -0.25) is 4.57 Å². The highest BCUT2D eigenvalue weighted by molar-refractivity contribution is 7.17. The van der Waals surface area contributed by atoms with Crippen molar-refractivity contribution in [3.63, 3.8) is 0 Å². The number of carbonyl (C=O) groups excluding carboxylic acids is 1. The van der Waals surface area contributed by atoms with Gasteiger partial charge in [-0.1, -0.05) is 49.9 Å². The molecule has 0 saturated heterocycles. The minimum absolute atomic E-state index is 0.172. The Kier molecular flexibility index (Phi) is 7.53. The summed E-state index contributed by atoms with van der Waals surface area (Å²) in [5.74, 6) is 0. The fourth-order valence-corrected chi connectivity index (χ4v) is 5.48. The molecule has 40 heavy (non-hydrogen) atoms. The summed E-state index contributed by atoms with van der Waals surface area (Å²) < 4.78 is 15.4. The van der Waals surface area contributed by atoms with Gasteiger partial charge in [0, 0.05) is 11.0 Å². The van der Waals surface area contributed by atoms with Crippen molar-refractivity contribution in [3.05, 3.63) is 89.5 Å². The van der Waals surface area contributed by atoms with Crippen molar-refractivity contribution in [2.24, 2.45) is 0 Å². The van der Waals surface area contributed by atoms with Crippen molar-refractivity contribution in [2.45, 2.75) is 59.2 Å². The molecule has 1 N–H and O–H groups in total. The summed E-state index contributed by atoms with van der Waals surface area (Å²) in [5, 5.41) is 18.8. The van der Waals surface area contributed by atoms with E-state index < -0.39 is 18.1 Å². The zero-order valence-corrected chi connectivity index (χ0v) is 24.2. The van der Waals surface area contributed by atoms with Crippen molar-refractivity contribution in [3.8, 4) is 11.4 Å². The Balaban J connectivity index is 1.70. The molecule has 0 aliphatic carbocycles. The summed E-state index contributed by atoms with van der Waals surface area (Å²) in [6.45, 7) is 13.3. The first-order chi connectivity index (χ1) is 19.1. The smallest absolute Gasteiger partial charge is 0.435 e. The van der Waals surface area contributed by atoms with Crippen LogP contribution in [0.3, 0.4) is 0 Å². The maximum Gasteiger partial charge on any atom is 0.435 e. The number of nitrogens with zero attached hydrogens (tertiary/aromatic N) is 3. The van der Waals surface area contributed by atoms with Crippen LogP contribution >= 0.6 is 11.3 Å². The van der Waals surface area contributed by atoms with Gasteiger partial charge >= 0.3 is 6.09 Å². The van der Waals surface area contributed by atoms with Gasteiger partial charge in [-0.2, -0.15) is 9.78 Å². The summed E-state index contributed by atoms with van der Waals surface area (Å²) >= 11 is 1.47. The van der Waals surface area contributed by atoms with E-state index in [2.05, 4.69) is 12.3 Å². The lowest BCUT2D eigenvalue weighted by Gasteiger charge is -2.21. The molecule has 3 aromatic heterocycles. The highest BCUT2D eigenvalue weighted by atomic mass is 32.1. The number of rotatable bonds is 7. The van der Waals surface area contributed by atoms with Gasteiger partial charge in [0.1, 0.15) is 11.3 Å². The zero-order chi connectivity index (χ0) is 28.6. The van der Waals surface area contributed by atoms with Gasteiger partial charge in [0.15, 0.2) is 0 Å². The van der Waals surface area contributed by atoms with Crippen LogP contribution in [0.25, 0.3) is 38.1 Å². The third-order valence-electron chi connectivity index (χ3n) is 6.61. The molecule has 206 valence electrons. The van der Waals surface area contributed by atoms with Gasteiger partial charge in [0.05, 0.1) is 27.5 Å². The number of benzene rings is 2. The van der Waals surface area contributed by atoms with Crippen molar-refractivity contribution < 1.29 is 19.4 Å². The summed E-state index contributed by atoms with van der Waals surface area (Å²) in [6.07, 6.45) is -1.26. The fraction of sp³-hybridized carbons (Fsp3) is 0.281. The van der Waals surface area contributed by atoms with E-state index in [0.29, 0.717) is 16.9 Å². The Bertz CT molecular complexity index is 1730. The Morgan fingerprint density at radius 1 is 1.10 bits per heavy atom. The van der Waals surface area contributed by atoms with E-state index >= 15 is 0 Å². The van der Waals surface area contributed by atoms with Gasteiger partial charge in [-0.05, 0) is 74.9 Å². The lowest BCUT2D eigenvalue weighted by molar-refractivity contribution is -0.176. The van der Waals surface area contributed by atoms with Crippen molar-refractivity contribution in [1.29, 1.82) is 0 Å². The Morgan fingerprint density at radius 2 is 1.85 bits per heavy atom. The number of aromatic nitrogens is 3. The molecule has 5 rings (SSSR count). The number of hydrogen-bond acceptors (Lipinski definition) is 6. The monoisotopic (exact) mass is 555 g/mol. The molecule has 2 atom stereocenters. The quantitative estimate of drug-likeness (QED) is 0.163. The molecule has 0 amide bonds. The molecule has 0 bridgehead atoms. The molecule has 2 unspecified atom stereocenters. The fourth-order valence-electron chi connectivity index (χ4n) is 4.61. The molecular weight excluding hydrogens is 522 g/mol. The van der Waals surface area contributed by atoms with Gasteiger partial charge in [-0.25, -0.2) is 4.79 Å². The third-order valence-corrected chi connectivity index (χ3v) is 7.52. The average molecular weight is 556 g/mol. The molecule has 0 fully saturated rings. The largest absolute Gasteiger partial charge is 0.442 e. The maximum atomic E-state index is 13.1. The molecule has 0 aliphatic rings. The SMILES string of the molecule is C=C=C(c1ccccc1)c1ccc2c(c1)cc(-c1nn(C(=O)OC(C)(C)C)c3ccsc13)n2C(O)OC(C)CC. The number of hydrogen-bond donors (Lipinski definition) is 1. The first kappa shape index (κ1) is 27.6. The van der Waals surface area contributed by atoms with E-state index in [4.69, 9.17) is 14.6 Å². The number of carbonyl (C=O) groups is 1. The average Bonchev–Trinajstić information content (AvgIpc) is 3.62. The summed E-state index contributed by atoms with van der Waals surface area (Å²) in [6, 6.07) is 19.8. The topological polar surface area (TPSA) is 78.5 Å². The lowest BCUT2D eigenvalue weighted by atomic mass is 9.98.